The number of hydrazone groups is 2. The molecule has 4 rings (SSSR count). The Kier molecular flexibility index (Phi) is 6.36. The fraction of sp³-hybridized carbons (Fsp3) is 0.565. The van der Waals surface area contributed by atoms with E-state index in [4.69, 9.17) is 0 Å². The Morgan fingerprint density at radius 3 is 2.67 bits per heavy atom. The number of carboxylic acid groups (broad SMARTS) is 1. The summed E-state index contributed by atoms with van der Waals surface area (Å²) >= 11 is 0. The third-order valence-corrected chi connectivity index (χ3v) is 6.86. The minimum absolute atomic E-state index is 0.0238. The maximum absolute atomic E-state index is 13.5. The maximum Gasteiger partial charge on any atom is 0.306 e. The number of aromatic hydroxyl groups is 1. The second-order valence-corrected chi connectivity index (χ2v) is 9.14. The number of phenolic OH excluding ortho intramolecular Hbond substituents is 1. The zero-order valence-electron chi connectivity index (χ0n) is 18.4. The molecule has 1 aromatic rings. The van der Waals surface area contributed by atoms with Crippen LogP contribution in [0.1, 0.15) is 69.8 Å². The van der Waals surface area contributed by atoms with Crippen LogP contribution in [0, 0.1) is 5.92 Å². The van der Waals surface area contributed by atoms with E-state index in [9.17, 15) is 28.6 Å². The number of carboxylic acids is 1. The van der Waals surface area contributed by atoms with E-state index in [0.29, 0.717) is 29.8 Å². The highest BCUT2D eigenvalue weighted by atomic mass is 19.3. The molecular formula is C23H28F2N4O4. The van der Waals surface area contributed by atoms with Gasteiger partial charge in [-0.1, -0.05) is 18.6 Å². The molecule has 1 aliphatic heterocycles. The van der Waals surface area contributed by atoms with Crippen LogP contribution in [0.15, 0.2) is 28.4 Å². The van der Waals surface area contributed by atoms with Crippen LogP contribution in [0.4, 0.5) is 14.5 Å². The Hall–Kier alpha value is -3.04. The summed E-state index contributed by atoms with van der Waals surface area (Å²) in [5.74, 6) is -4.50. The number of aliphatic carboxylic acids is 1. The van der Waals surface area contributed by atoms with Gasteiger partial charge in [-0.3, -0.25) is 15.0 Å². The number of alkyl halides is 2. The van der Waals surface area contributed by atoms with Crippen molar-refractivity contribution >= 4 is 29.0 Å². The van der Waals surface area contributed by atoms with E-state index in [-0.39, 0.29) is 49.1 Å². The molecule has 1 aromatic carbocycles. The molecule has 8 nitrogen and oxygen atoms in total. The van der Waals surface area contributed by atoms with Crippen LogP contribution < -0.4 is 5.43 Å². The van der Waals surface area contributed by atoms with Gasteiger partial charge in [-0.15, -0.1) is 0 Å². The number of benzene rings is 1. The molecule has 178 valence electrons. The van der Waals surface area contributed by atoms with Gasteiger partial charge in [-0.05, 0) is 56.6 Å². The van der Waals surface area contributed by atoms with E-state index >= 15 is 0 Å². The van der Waals surface area contributed by atoms with Gasteiger partial charge in [-0.25, -0.2) is 13.8 Å². The number of hydrogen-bond acceptors (Lipinski definition) is 6. The molecule has 1 amide bonds. The predicted octanol–water partition coefficient (Wildman–Crippen LogP) is 4.31. The van der Waals surface area contributed by atoms with E-state index in [1.807, 2.05) is 0 Å². The molecule has 2 atom stereocenters. The lowest BCUT2D eigenvalue weighted by molar-refractivity contribution is -0.143. The fourth-order valence-corrected chi connectivity index (χ4v) is 4.96. The van der Waals surface area contributed by atoms with Crippen molar-refractivity contribution in [1.29, 1.82) is 0 Å². The first kappa shape index (κ1) is 23.1. The molecule has 0 aromatic heterocycles. The number of rotatable bonds is 5. The quantitative estimate of drug-likeness (QED) is 0.446. The Morgan fingerprint density at radius 2 is 1.97 bits per heavy atom. The van der Waals surface area contributed by atoms with Gasteiger partial charge in [-0.2, -0.15) is 10.2 Å². The summed E-state index contributed by atoms with van der Waals surface area (Å²) in [6.07, 6.45) is 2.46. The van der Waals surface area contributed by atoms with Crippen LogP contribution in [0.25, 0.3) is 0 Å². The van der Waals surface area contributed by atoms with Gasteiger partial charge in [0.1, 0.15) is 5.75 Å². The monoisotopic (exact) mass is 462 g/mol. The van der Waals surface area contributed by atoms with E-state index in [0.717, 1.165) is 12.8 Å². The van der Waals surface area contributed by atoms with Crippen molar-refractivity contribution in [1.82, 2.24) is 5.01 Å². The maximum atomic E-state index is 13.5. The number of phenols is 1. The molecule has 0 spiro atoms. The van der Waals surface area contributed by atoms with Crippen molar-refractivity contribution in [3.05, 3.63) is 23.8 Å². The van der Waals surface area contributed by atoms with Gasteiger partial charge >= 0.3 is 5.97 Å². The molecule has 2 fully saturated rings. The number of hydrogen-bond donors (Lipinski definition) is 3. The Labute approximate surface area is 190 Å². The SMILES string of the molecule is CC1=NN(C2CCC(F)(F)CC2)C(=O)C1=NNc1cccc(C2CCCC(C(=O)O)C2)c1O. The molecule has 2 unspecified atom stereocenters. The first-order valence-electron chi connectivity index (χ1n) is 11.3. The third-order valence-electron chi connectivity index (χ3n) is 6.86. The van der Waals surface area contributed by atoms with Crippen molar-refractivity contribution in [2.24, 2.45) is 16.1 Å². The number of carbonyl (C=O) groups excluding carboxylic acids is 1. The molecule has 3 aliphatic rings. The third kappa shape index (κ3) is 4.84. The summed E-state index contributed by atoms with van der Waals surface area (Å²) in [7, 11) is 0. The molecule has 0 bridgehead atoms. The minimum Gasteiger partial charge on any atom is -0.505 e. The highest BCUT2D eigenvalue weighted by molar-refractivity contribution is 6.68. The summed E-state index contributed by atoms with van der Waals surface area (Å²) < 4.78 is 26.9. The van der Waals surface area contributed by atoms with Gasteiger partial charge in [0.25, 0.3) is 5.91 Å². The van der Waals surface area contributed by atoms with Crippen LogP contribution in [-0.2, 0) is 9.59 Å². The van der Waals surface area contributed by atoms with Gasteiger partial charge < -0.3 is 10.2 Å². The summed E-state index contributed by atoms with van der Waals surface area (Å²) in [5.41, 5.74) is 4.13. The minimum atomic E-state index is -2.69. The molecule has 0 radical (unpaired) electrons. The molecule has 0 saturated heterocycles. The summed E-state index contributed by atoms with van der Waals surface area (Å²) in [6.45, 7) is 1.63. The zero-order chi connectivity index (χ0) is 23.8. The lowest BCUT2D eigenvalue weighted by Gasteiger charge is -2.31. The number of halogens is 2. The van der Waals surface area contributed by atoms with Crippen molar-refractivity contribution in [2.45, 2.75) is 76.2 Å². The molecule has 3 N–H and O–H groups in total. The van der Waals surface area contributed by atoms with Crippen LogP contribution in [-0.4, -0.2) is 50.5 Å². The van der Waals surface area contributed by atoms with E-state index in [1.165, 1.54) is 5.01 Å². The number of amides is 1. The molecule has 10 heteroatoms. The van der Waals surface area contributed by atoms with Crippen molar-refractivity contribution in [3.63, 3.8) is 0 Å². The highest BCUT2D eigenvalue weighted by Gasteiger charge is 2.41. The second kappa shape index (κ2) is 9.07. The Balaban J connectivity index is 1.47. The smallest absolute Gasteiger partial charge is 0.306 e. The number of para-hydroxylation sites is 1. The topological polar surface area (TPSA) is 115 Å². The molecule has 1 heterocycles. The van der Waals surface area contributed by atoms with Crippen LogP contribution >= 0.6 is 0 Å². The number of carbonyl (C=O) groups is 2. The lowest BCUT2D eigenvalue weighted by Crippen LogP contribution is -2.41. The standard InChI is InChI=1S/C23H28F2N4O4/c1-13-19(21(31)29(28-13)16-8-10-23(24,25)11-9-16)27-26-18-7-3-6-17(20(18)30)14-4-2-5-15(12-14)22(32)33/h3,6-7,14-16,26,30H,2,4-5,8-12H2,1H3,(H,32,33). The van der Waals surface area contributed by atoms with Crippen LogP contribution in [0.2, 0.25) is 0 Å². The lowest BCUT2D eigenvalue weighted by atomic mass is 9.77. The molecule has 2 aliphatic carbocycles. The van der Waals surface area contributed by atoms with Crippen molar-refractivity contribution in [2.75, 3.05) is 5.43 Å². The molecule has 33 heavy (non-hydrogen) atoms. The molecule has 2 saturated carbocycles. The van der Waals surface area contributed by atoms with Gasteiger partial charge in [0, 0.05) is 12.8 Å². The number of anilines is 1. The van der Waals surface area contributed by atoms with E-state index < -0.39 is 23.7 Å². The first-order valence-corrected chi connectivity index (χ1v) is 11.3. The average molecular weight is 462 g/mol. The van der Waals surface area contributed by atoms with Gasteiger partial charge in [0.2, 0.25) is 5.92 Å². The number of nitrogens with zero attached hydrogens (tertiary/aromatic N) is 3. The first-order chi connectivity index (χ1) is 15.7. The number of nitrogens with one attached hydrogen (secondary N) is 1. The largest absolute Gasteiger partial charge is 0.505 e. The van der Waals surface area contributed by atoms with Crippen molar-refractivity contribution < 1.29 is 28.6 Å². The average Bonchev–Trinajstić information content (AvgIpc) is 3.06. The highest BCUT2D eigenvalue weighted by Crippen LogP contribution is 2.42. The van der Waals surface area contributed by atoms with Crippen molar-refractivity contribution in [3.8, 4) is 5.75 Å². The van der Waals surface area contributed by atoms with Gasteiger partial charge in [0.15, 0.2) is 5.71 Å². The Bertz CT molecular complexity index is 1000. The summed E-state index contributed by atoms with van der Waals surface area (Å²) in [5, 5.41) is 29.8. The predicted molar refractivity (Wildman–Crippen MR) is 119 cm³/mol. The van der Waals surface area contributed by atoms with E-state index in [2.05, 4.69) is 15.6 Å². The van der Waals surface area contributed by atoms with Crippen LogP contribution in [0.5, 0.6) is 5.75 Å². The summed E-state index contributed by atoms with van der Waals surface area (Å²) in [4.78, 5) is 24.2. The van der Waals surface area contributed by atoms with Crippen LogP contribution in [0.3, 0.4) is 0 Å². The van der Waals surface area contributed by atoms with Gasteiger partial charge in [0.05, 0.1) is 23.4 Å². The summed E-state index contributed by atoms with van der Waals surface area (Å²) in [6, 6.07) is 4.75. The fourth-order valence-electron chi connectivity index (χ4n) is 4.96. The zero-order valence-corrected chi connectivity index (χ0v) is 18.4. The van der Waals surface area contributed by atoms with E-state index in [1.54, 1.807) is 25.1 Å². The Morgan fingerprint density at radius 1 is 1.24 bits per heavy atom. The normalized spacial score (nSPS) is 27.0. The molecular weight excluding hydrogens is 434 g/mol. The second-order valence-electron chi connectivity index (χ2n) is 9.14.